The molecule has 0 radical (unpaired) electrons. The number of rotatable bonds is 7. The lowest BCUT2D eigenvalue weighted by atomic mass is 10.1. The predicted molar refractivity (Wildman–Crippen MR) is 78.1 cm³/mol. The Labute approximate surface area is 115 Å². The first kappa shape index (κ1) is 15.3. The Morgan fingerprint density at radius 1 is 1.33 bits per heavy atom. The van der Waals surface area contributed by atoms with E-state index >= 15 is 0 Å². The fraction of sp³-hybridized carbons (Fsp3) is 0.571. The molecule has 1 rings (SSSR count). The second-order valence-electron chi connectivity index (χ2n) is 4.38. The van der Waals surface area contributed by atoms with Crippen LogP contribution in [-0.4, -0.2) is 24.3 Å². The molecule has 3 nitrogen and oxygen atoms in total. The monoisotopic (exact) mass is 270 g/mol. The van der Waals surface area contributed by atoms with Gasteiger partial charge < -0.3 is 15.7 Å². The standard InChI is InChI=1S/C14H23ClN2O/c1-3-12(4-2)17(7-8-18)14-6-5-11(10-16)9-13(14)15/h5-6,9,12,18H,3-4,7-8,10,16H2,1-2H3. The zero-order valence-electron chi connectivity index (χ0n) is 11.2. The van der Waals surface area contributed by atoms with Crippen molar-refractivity contribution in [3.63, 3.8) is 0 Å². The molecule has 0 unspecified atom stereocenters. The molecule has 0 saturated heterocycles. The zero-order chi connectivity index (χ0) is 13.5. The van der Waals surface area contributed by atoms with Gasteiger partial charge in [0.15, 0.2) is 0 Å². The highest BCUT2D eigenvalue weighted by atomic mass is 35.5. The number of hydrogen-bond acceptors (Lipinski definition) is 3. The summed E-state index contributed by atoms with van der Waals surface area (Å²) in [6.07, 6.45) is 2.07. The van der Waals surface area contributed by atoms with Crippen LogP contribution in [0.4, 0.5) is 5.69 Å². The van der Waals surface area contributed by atoms with E-state index in [9.17, 15) is 5.11 Å². The number of aliphatic hydroxyl groups excluding tert-OH is 1. The van der Waals surface area contributed by atoms with Gasteiger partial charge in [-0.3, -0.25) is 0 Å². The third-order valence-corrected chi connectivity index (χ3v) is 3.58. The van der Waals surface area contributed by atoms with Gasteiger partial charge in [-0.05, 0) is 30.5 Å². The number of hydrogen-bond donors (Lipinski definition) is 2. The molecule has 0 heterocycles. The topological polar surface area (TPSA) is 49.5 Å². The first-order valence-electron chi connectivity index (χ1n) is 6.53. The van der Waals surface area contributed by atoms with E-state index in [-0.39, 0.29) is 6.61 Å². The van der Waals surface area contributed by atoms with Gasteiger partial charge in [0, 0.05) is 19.1 Å². The van der Waals surface area contributed by atoms with Crippen LogP contribution in [0.25, 0.3) is 0 Å². The third kappa shape index (κ3) is 3.61. The maximum atomic E-state index is 9.22. The van der Waals surface area contributed by atoms with Gasteiger partial charge in [-0.1, -0.05) is 31.5 Å². The molecule has 102 valence electrons. The van der Waals surface area contributed by atoms with Crippen LogP contribution in [0.15, 0.2) is 18.2 Å². The van der Waals surface area contributed by atoms with Crippen LogP contribution in [0, 0.1) is 0 Å². The molecule has 0 aliphatic carbocycles. The van der Waals surface area contributed by atoms with Crippen molar-refractivity contribution in [2.45, 2.75) is 39.3 Å². The molecule has 0 spiro atoms. The molecule has 0 amide bonds. The Morgan fingerprint density at radius 3 is 2.44 bits per heavy atom. The van der Waals surface area contributed by atoms with Gasteiger partial charge in [0.1, 0.15) is 0 Å². The number of aliphatic hydroxyl groups is 1. The molecular formula is C14H23ClN2O. The number of halogens is 1. The Balaban J connectivity index is 3.04. The average molecular weight is 271 g/mol. The van der Waals surface area contributed by atoms with Gasteiger partial charge in [0.2, 0.25) is 0 Å². The predicted octanol–water partition coefficient (Wildman–Crippen LogP) is 2.79. The molecular weight excluding hydrogens is 248 g/mol. The summed E-state index contributed by atoms with van der Waals surface area (Å²) >= 11 is 6.32. The van der Waals surface area contributed by atoms with Crippen LogP contribution in [0.5, 0.6) is 0 Å². The lowest BCUT2D eigenvalue weighted by molar-refractivity contribution is 0.296. The number of nitrogens with two attached hydrogens (primary N) is 1. The summed E-state index contributed by atoms with van der Waals surface area (Å²) in [7, 11) is 0. The van der Waals surface area contributed by atoms with Gasteiger partial charge in [-0.25, -0.2) is 0 Å². The minimum Gasteiger partial charge on any atom is -0.395 e. The second-order valence-corrected chi connectivity index (χ2v) is 4.78. The second kappa shape index (κ2) is 7.62. The highest BCUT2D eigenvalue weighted by Crippen LogP contribution is 2.29. The molecule has 1 aromatic carbocycles. The van der Waals surface area contributed by atoms with Crippen LogP contribution >= 0.6 is 11.6 Å². The summed E-state index contributed by atoms with van der Waals surface area (Å²) in [6.45, 7) is 5.53. The Bertz CT molecular complexity index is 367. The first-order chi connectivity index (χ1) is 8.67. The molecule has 18 heavy (non-hydrogen) atoms. The van der Waals surface area contributed by atoms with E-state index in [4.69, 9.17) is 17.3 Å². The summed E-state index contributed by atoms with van der Waals surface area (Å²) in [5, 5.41) is 9.93. The number of anilines is 1. The maximum Gasteiger partial charge on any atom is 0.0642 e. The van der Waals surface area contributed by atoms with Crippen molar-refractivity contribution in [3.05, 3.63) is 28.8 Å². The average Bonchev–Trinajstić information content (AvgIpc) is 2.39. The summed E-state index contributed by atoms with van der Waals surface area (Å²) in [5.74, 6) is 0. The van der Waals surface area contributed by atoms with E-state index in [0.717, 1.165) is 24.1 Å². The fourth-order valence-electron chi connectivity index (χ4n) is 2.25. The van der Waals surface area contributed by atoms with Crippen LogP contribution in [0.3, 0.4) is 0 Å². The summed E-state index contributed by atoms with van der Waals surface area (Å²) in [5.41, 5.74) is 7.61. The van der Waals surface area contributed by atoms with Gasteiger partial charge in [-0.2, -0.15) is 0 Å². The molecule has 4 heteroatoms. The van der Waals surface area contributed by atoms with Crippen LogP contribution in [-0.2, 0) is 6.54 Å². The molecule has 0 atom stereocenters. The molecule has 0 bridgehead atoms. The van der Waals surface area contributed by atoms with Gasteiger partial charge in [0.05, 0.1) is 17.3 Å². The Kier molecular flexibility index (Phi) is 6.47. The number of nitrogens with zero attached hydrogens (tertiary/aromatic N) is 1. The Hall–Kier alpha value is -0.770. The molecule has 3 N–H and O–H groups in total. The first-order valence-corrected chi connectivity index (χ1v) is 6.91. The van der Waals surface area contributed by atoms with Crippen molar-refractivity contribution in [2.75, 3.05) is 18.1 Å². The SMILES string of the molecule is CCC(CC)N(CCO)c1ccc(CN)cc1Cl. The van der Waals surface area contributed by atoms with Crippen LogP contribution < -0.4 is 10.6 Å². The zero-order valence-corrected chi connectivity index (χ0v) is 12.0. The smallest absolute Gasteiger partial charge is 0.0642 e. The van der Waals surface area contributed by atoms with Crippen molar-refractivity contribution in [2.24, 2.45) is 5.73 Å². The van der Waals surface area contributed by atoms with E-state index in [2.05, 4.69) is 18.7 Å². The normalized spacial score (nSPS) is 11.0. The summed E-state index contributed by atoms with van der Waals surface area (Å²) in [4.78, 5) is 2.18. The van der Waals surface area contributed by atoms with Crippen molar-refractivity contribution in [1.29, 1.82) is 0 Å². The van der Waals surface area contributed by atoms with Crippen molar-refractivity contribution >= 4 is 17.3 Å². The molecule has 0 fully saturated rings. The van der Waals surface area contributed by atoms with Gasteiger partial charge >= 0.3 is 0 Å². The van der Waals surface area contributed by atoms with E-state index in [1.807, 2.05) is 18.2 Å². The lowest BCUT2D eigenvalue weighted by Gasteiger charge is -2.33. The quantitative estimate of drug-likeness (QED) is 0.801. The van der Waals surface area contributed by atoms with Gasteiger partial charge in [0.25, 0.3) is 0 Å². The highest BCUT2D eigenvalue weighted by Gasteiger charge is 2.17. The Morgan fingerprint density at radius 2 is 2.00 bits per heavy atom. The minimum atomic E-state index is 0.130. The van der Waals surface area contributed by atoms with E-state index in [1.54, 1.807) is 0 Å². The van der Waals surface area contributed by atoms with Crippen molar-refractivity contribution in [3.8, 4) is 0 Å². The molecule has 0 aliphatic heterocycles. The number of benzene rings is 1. The van der Waals surface area contributed by atoms with Crippen molar-refractivity contribution in [1.82, 2.24) is 0 Å². The maximum absolute atomic E-state index is 9.22. The summed E-state index contributed by atoms with van der Waals surface area (Å²) in [6, 6.07) is 6.30. The molecule has 0 aromatic heterocycles. The highest BCUT2D eigenvalue weighted by molar-refractivity contribution is 6.33. The fourth-order valence-corrected chi connectivity index (χ4v) is 2.56. The van der Waals surface area contributed by atoms with E-state index in [1.165, 1.54) is 0 Å². The molecule has 1 aromatic rings. The van der Waals surface area contributed by atoms with Crippen LogP contribution in [0.2, 0.25) is 5.02 Å². The summed E-state index contributed by atoms with van der Waals surface area (Å²) < 4.78 is 0. The largest absolute Gasteiger partial charge is 0.395 e. The van der Waals surface area contributed by atoms with Crippen molar-refractivity contribution < 1.29 is 5.11 Å². The van der Waals surface area contributed by atoms with E-state index < -0.39 is 0 Å². The third-order valence-electron chi connectivity index (χ3n) is 3.28. The van der Waals surface area contributed by atoms with Crippen LogP contribution in [0.1, 0.15) is 32.3 Å². The molecule has 0 aliphatic rings. The minimum absolute atomic E-state index is 0.130. The van der Waals surface area contributed by atoms with Gasteiger partial charge in [-0.15, -0.1) is 0 Å². The molecule has 0 saturated carbocycles. The van der Waals surface area contributed by atoms with E-state index in [0.29, 0.717) is 24.2 Å². The lowest BCUT2D eigenvalue weighted by Crippen LogP contribution is -2.37.